The molecule has 1 aliphatic heterocycles. The third kappa shape index (κ3) is 5.61. The summed E-state index contributed by atoms with van der Waals surface area (Å²) in [6.07, 6.45) is 5.57. The van der Waals surface area contributed by atoms with Crippen molar-refractivity contribution in [2.45, 2.75) is 44.7 Å². The molecule has 2 saturated carbocycles. The Balaban J connectivity index is 0.00000140. The van der Waals surface area contributed by atoms with Crippen LogP contribution in [0.2, 0.25) is 0 Å². The molecule has 1 aromatic rings. The molecule has 158 valence electrons. The highest BCUT2D eigenvalue weighted by Crippen LogP contribution is 2.42. The lowest BCUT2D eigenvalue weighted by Crippen LogP contribution is -2.48. The molecule has 1 heterocycles. The minimum absolute atomic E-state index is 0. The van der Waals surface area contributed by atoms with Gasteiger partial charge in [-0.15, -0.1) is 24.8 Å². The van der Waals surface area contributed by atoms with E-state index >= 15 is 0 Å². The summed E-state index contributed by atoms with van der Waals surface area (Å²) < 4.78 is 5.41. The number of nitrogens with one attached hydrogen (secondary N) is 1. The van der Waals surface area contributed by atoms with E-state index in [0.29, 0.717) is 17.9 Å². The van der Waals surface area contributed by atoms with E-state index < -0.39 is 0 Å². The number of benzene rings is 1. The van der Waals surface area contributed by atoms with Crippen molar-refractivity contribution in [3.8, 4) is 0 Å². The quantitative estimate of drug-likeness (QED) is 0.768. The smallest absolute Gasteiger partial charge is 0.227 e. The molecular formula is C21H33Cl2N3O2. The van der Waals surface area contributed by atoms with Crippen LogP contribution in [0.25, 0.3) is 0 Å². The van der Waals surface area contributed by atoms with Crippen molar-refractivity contribution in [3.05, 3.63) is 29.8 Å². The summed E-state index contributed by atoms with van der Waals surface area (Å²) in [4.78, 5) is 15.2. The number of fused-ring (bicyclic) bond motifs is 2. The van der Waals surface area contributed by atoms with Crippen LogP contribution in [-0.2, 0) is 16.1 Å². The Hall–Kier alpha value is -0.850. The number of anilines is 1. The predicted molar refractivity (Wildman–Crippen MR) is 117 cm³/mol. The fraction of sp³-hybridized carbons (Fsp3) is 0.667. The van der Waals surface area contributed by atoms with Gasteiger partial charge in [-0.1, -0.05) is 18.6 Å². The number of amides is 1. The van der Waals surface area contributed by atoms with Crippen LogP contribution in [0.1, 0.15) is 37.7 Å². The van der Waals surface area contributed by atoms with Crippen LogP contribution in [0.3, 0.4) is 0 Å². The van der Waals surface area contributed by atoms with E-state index in [9.17, 15) is 4.79 Å². The van der Waals surface area contributed by atoms with E-state index in [-0.39, 0.29) is 36.6 Å². The first-order valence-electron chi connectivity index (χ1n) is 10.1. The average Bonchev–Trinajstić information content (AvgIpc) is 2.62. The second-order valence-electron chi connectivity index (χ2n) is 8.27. The van der Waals surface area contributed by atoms with Crippen molar-refractivity contribution in [1.29, 1.82) is 0 Å². The van der Waals surface area contributed by atoms with Crippen molar-refractivity contribution in [1.82, 2.24) is 4.90 Å². The highest BCUT2D eigenvalue weighted by Gasteiger charge is 2.40. The molecule has 7 heteroatoms. The molecule has 3 aliphatic rings. The van der Waals surface area contributed by atoms with Crippen LogP contribution in [0, 0.1) is 17.8 Å². The third-order valence-electron chi connectivity index (χ3n) is 6.49. The zero-order chi connectivity index (χ0) is 17.9. The zero-order valence-electron chi connectivity index (χ0n) is 16.3. The van der Waals surface area contributed by atoms with Gasteiger partial charge in [0.2, 0.25) is 5.91 Å². The lowest BCUT2D eigenvalue weighted by molar-refractivity contribution is -0.122. The van der Waals surface area contributed by atoms with Gasteiger partial charge in [-0.25, -0.2) is 0 Å². The Morgan fingerprint density at radius 2 is 1.82 bits per heavy atom. The Bertz CT molecular complexity index is 626. The standard InChI is InChI=1S/C21H31N3O2.2ClH/c22-20-16-4-2-5-17(20)13-18(12-16)21(25)23-19-6-1-3-15(11-19)14-24-7-9-26-10-8-24;;/h1,3,6,11,16-18,20H,2,4-5,7-10,12-14,22H2,(H,23,25);2*1H. The second kappa shape index (κ2) is 10.8. The molecule has 2 aliphatic carbocycles. The maximum atomic E-state index is 12.8. The van der Waals surface area contributed by atoms with Crippen molar-refractivity contribution in [3.63, 3.8) is 0 Å². The first-order chi connectivity index (χ1) is 12.7. The summed E-state index contributed by atoms with van der Waals surface area (Å²) in [6.45, 7) is 4.48. The van der Waals surface area contributed by atoms with Gasteiger partial charge >= 0.3 is 0 Å². The zero-order valence-corrected chi connectivity index (χ0v) is 18.0. The van der Waals surface area contributed by atoms with Crippen molar-refractivity contribution in [2.24, 2.45) is 23.5 Å². The molecule has 0 spiro atoms. The number of morpholine rings is 1. The molecule has 28 heavy (non-hydrogen) atoms. The minimum atomic E-state index is 0. The van der Waals surface area contributed by atoms with Crippen LogP contribution in [-0.4, -0.2) is 43.2 Å². The van der Waals surface area contributed by atoms with Crippen LogP contribution in [0.15, 0.2) is 24.3 Å². The number of hydrogen-bond donors (Lipinski definition) is 2. The first-order valence-corrected chi connectivity index (χ1v) is 10.1. The fourth-order valence-electron chi connectivity index (χ4n) is 5.01. The molecule has 3 N–H and O–H groups in total. The molecule has 4 rings (SSSR count). The van der Waals surface area contributed by atoms with Gasteiger partial charge < -0.3 is 15.8 Å². The van der Waals surface area contributed by atoms with Gasteiger partial charge in [-0.2, -0.15) is 0 Å². The molecule has 0 radical (unpaired) electrons. The number of hydrogen-bond acceptors (Lipinski definition) is 4. The highest BCUT2D eigenvalue weighted by molar-refractivity contribution is 5.92. The Labute approximate surface area is 180 Å². The van der Waals surface area contributed by atoms with E-state index in [0.717, 1.165) is 51.4 Å². The minimum Gasteiger partial charge on any atom is -0.379 e. The lowest BCUT2D eigenvalue weighted by Gasteiger charge is -2.43. The number of nitrogens with two attached hydrogens (primary N) is 1. The molecular weight excluding hydrogens is 397 g/mol. The summed E-state index contributed by atoms with van der Waals surface area (Å²) >= 11 is 0. The van der Waals surface area contributed by atoms with E-state index in [4.69, 9.17) is 10.5 Å². The number of halogens is 2. The molecule has 0 aromatic heterocycles. The second-order valence-corrected chi connectivity index (χ2v) is 8.27. The molecule has 1 aromatic carbocycles. The number of ether oxygens (including phenoxy) is 1. The van der Waals surface area contributed by atoms with Gasteiger partial charge in [0.05, 0.1) is 13.2 Å². The Kier molecular flexibility index (Phi) is 9.03. The van der Waals surface area contributed by atoms with Gasteiger partial charge in [-0.3, -0.25) is 9.69 Å². The third-order valence-corrected chi connectivity index (χ3v) is 6.49. The fourth-order valence-corrected chi connectivity index (χ4v) is 5.01. The van der Waals surface area contributed by atoms with Crippen molar-refractivity contribution in [2.75, 3.05) is 31.6 Å². The summed E-state index contributed by atoms with van der Waals surface area (Å²) in [5.41, 5.74) is 8.52. The largest absolute Gasteiger partial charge is 0.379 e. The first kappa shape index (κ1) is 23.4. The lowest BCUT2D eigenvalue weighted by atomic mass is 9.65. The monoisotopic (exact) mass is 429 g/mol. The number of carbonyl (C=O) groups excluding carboxylic acids is 1. The Morgan fingerprint density at radius 1 is 1.14 bits per heavy atom. The average molecular weight is 430 g/mol. The maximum absolute atomic E-state index is 12.8. The normalized spacial score (nSPS) is 29.9. The molecule has 2 unspecified atom stereocenters. The summed E-state index contributed by atoms with van der Waals surface area (Å²) in [5, 5.41) is 3.17. The molecule has 1 amide bonds. The molecule has 1 saturated heterocycles. The van der Waals surface area contributed by atoms with Crippen LogP contribution >= 0.6 is 24.8 Å². The number of carbonyl (C=O) groups is 1. The van der Waals surface area contributed by atoms with Gasteiger partial charge in [0, 0.05) is 37.3 Å². The molecule has 3 fully saturated rings. The van der Waals surface area contributed by atoms with E-state index in [2.05, 4.69) is 22.3 Å². The number of nitrogens with zero attached hydrogens (tertiary/aromatic N) is 1. The number of rotatable bonds is 4. The maximum Gasteiger partial charge on any atom is 0.227 e. The van der Waals surface area contributed by atoms with Gasteiger partial charge in [-0.05, 0) is 55.2 Å². The molecule has 2 atom stereocenters. The van der Waals surface area contributed by atoms with Crippen LogP contribution in [0.5, 0.6) is 0 Å². The SMILES string of the molecule is Cl.Cl.NC1C2CCCC1CC(C(=O)Nc1cccc(CN3CCOCC3)c1)C2. The van der Waals surface area contributed by atoms with Crippen molar-refractivity contribution >= 4 is 36.4 Å². The van der Waals surface area contributed by atoms with Crippen LogP contribution in [0.4, 0.5) is 5.69 Å². The van der Waals surface area contributed by atoms with Crippen molar-refractivity contribution < 1.29 is 9.53 Å². The van der Waals surface area contributed by atoms with E-state index in [1.165, 1.54) is 24.8 Å². The molecule has 5 nitrogen and oxygen atoms in total. The summed E-state index contributed by atoms with van der Waals surface area (Å²) in [6, 6.07) is 8.59. The molecule has 2 bridgehead atoms. The van der Waals surface area contributed by atoms with Gasteiger partial charge in [0.25, 0.3) is 0 Å². The van der Waals surface area contributed by atoms with Gasteiger partial charge in [0.1, 0.15) is 0 Å². The predicted octanol–water partition coefficient (Wildman–Crippen LogP) is 3.45. The van der Waals surface area contributed by atoms with E-state index in [1.54, 1.807) is 0 Å². The summed E-state index contributed by atoms with van der Waals surface area (Å²) in [5.74, 6) is 1.36. The van der Waals surface area contributed by atoms with Gasteiger partial charge in [0.15, 0.2) is 0 Å². The van der Waals surface area contributed by atoms with E-state index in [1.807, 2.05) is 12.1 Å². The Morgan fingerprint density at radius 3 is 2.50 bits per heavy atom. The highest BCUT2D eigenvalue weighted by atomic mass is 35.5. The van der Waals surface area contributed by atoms with Crippen LogP contribution < -0.4 is 11.1 Å². The summed E-state index contributed by atoms with van der Waals surface area (Å²) in [7, 11) is 0. The topological polar surface area (TPSA) is 67.6 Å².